The molecule has 0 aromatic heterocycles. The molecule has 23 heavy (non-hydrogen) atoms. The molecule has 3 amide bonds. The van der Waals surface area contributed by atoms with Gasteiger partial charge in [0.05, 0.1) is 17.2 Å². The summed E-state index contributed by atoms with van der Waals surface area (Å²) >= 11 is 0. The monoisotopic (exact) mass is 333 g/mol. The third-order valence-corrected chi connectivity index (χ3v) is 3.32. The number of rotatable bonds is 3. The highest BCUT2D eigenvalue weighted by molar-refractivity contribution is 6.23. The van der Waals surface area contributed by atoms with Gasteiger partial charge in [-0.1, -0.05) is 0 Å². The molecule has 1 aromatic carbocycles. The second kappa shape index (κ2) is 5.19. The SMILES string of the molecule is CC1(CO)NC(=O)N(c2ccc([N+](=O)[O-])c(C(F)(F)F)c2)C1=O. The number of nitro benzene ring substituents is 1. The Balaban J connectivity index is 2.56. The van der Waals surface area contributed by atoms with Crippen molar-refractivity contribution in [2.24, 2.45) is 0 Å². The number of anilines is 1. The first-order chi connectivity index (χ1) is 10.5. The fourth-order valence-electron chi connectivity index (χ4n) is 2.08. The first kappa shape index (κ1) is 16.7. The van der Waals surface area contributed by atoms with Gasteiger partial charge in [0, 0.05) is 6.07 Å². The summed E-state index contributed by atoms with van der Waals surface area (Å²) in [5.74, 6) is -0.966. The lowest BCUT2D eigenvalue weighted by Crippen LogP contribution is -2.47. The number of carbonyl (C=O) groups is 2. The van der Waals surface area contributed by atoms with Gasteiger partial charge in [-0.25, -0.2) is 9.69 Å². The highest BCUT2D eigenvalue weighted by Crippen LogP contribution is 2.39. The number of nitro groups is 1. The molecular formula is C12H10F3N3O5. The molecule has 2 N–H and O–H groups in total. The number of hydrogen-bond acceptors (Lipinski definition) is 5. The number of amides is 3. The zero-order chi connectivity index (χ0) is 17.6. The van der Waals surface area contributed by atoms with E-state index in [1.807, 2.05) is 0 Å². The highest BCUT2D eigenvalue weighted by Gasteiger charge is 2.49. The molecule has 0 saturated carbocycles. The van der Waals surface area contributed by atoms with E-state index >= 15 is 0 Å². The van der Waals surface area contributed by atoms with Crippen molar-refractivity contribution in [1.82, 2.24) is 5.32 Å². The van der Waals surface area contributed by atoms with Crippen molar-refractivity contribution in [2.75, 3.05) is 11.5 Å². The predicted molar refractivity (Wildman–Crippen MR) is 69.6 cm³/mol. The van der Waals surface area contributed by atoms with Crippen LogP contribution in [0.15, 0.2) is 18.2 Å². The largest absolute Gasteiger partial charge is 0.423 e. The molecule has 1 fully saturated rings. The van der Waals surface area contributed by atoms with Gasteiger partial charge >= 0.3 is 12.2 Å². The minimum Gasteiger partial charge on any atom is -0.393 e. The molecule has 0 radical (unpaired) electrons. The van der Waals surface area contributed by atoms with Crippen LogP contribution in [0.3, 0.4) is 0 Å². The van der Waals surface area contributed by atoms with Crippen LogP contribution in [-0.4, -0.2) is 34.1 Å². The average molecular weight is 333 g/mol. The molecule has 1 aromatic rings. The van der Waals surface area contributed by atoms with Crippen LogP contribution in [-0.2, 0) is 11.0 Å². The number of halogens is 3. The normalized spacial score (nSPS) is 21.5. The molecule has 1 unspecified atom stereocenters. The van der Waals surface area contributed by atoms with Crippen molar-refractivity contribution in [3.8, 4) is 0 Å². The summed E-state index contributed by atoms with van der Waals surface area (Å²) in [5.41, 5.74) is -4.93. The lowest BCUT2D eigenvalue weighted by molar-refractivity contribution is -0.388. The van der Waals surface area contributed by atoms with Crippen LogP contribution in [0, 0.1) is 10.1 Å². The topological polar surface area (TPSA) is 113 Å². The smallest absolute Gasteiger partial charge is 0.393 e. The summed E-state index contributed by atoms with van der Waals surface area (Å²) in [7, 11) is 0. The van der Waals surface area contributed by atoms with E-state index < -0.39 is 52.1 Å². The highest BCUT2D eigenvalue weighted by atomic mass is 19.4. The molecule has 8 nitrogen and oxygen atoms in total. The average Bonchev–Trinajstić information content (AvgIpc) is 2.68. The van der Waals surface area contributed by atoms with Gasteiger partial charge in [0.25, 0.3) is 11.6 Å². The number of benzene rings is 1. The first-order valence-electron chi connectivity index (χ1n) is 6.14. The molecule has 0 aliphatic carbocycles. The van der Waals surface area contributed by atoms with Gasteiger partial charge in [-0.3, -0.25) is 14.9 Å². The maximum Gasteiger partial charge on any atom is 0.423 e. The summed E-state index contributed by atoms with van der Waals surface area (Å²) in [5, 5.41) is 22.0. The molecule has 1 saturated heterocycles. The summed E-state index contributed by atoms with van der Waals surface area (Å²) in [4.78, 5) is 33.8. The predicted octanol–water partition coefficient (Wildman–Crippen LogP) is 1.42. The van der Waals surface area contributed by atoms with Crippen molar-refractivity contribution in [1.29, 1.82) is 0 Å². The van der Waals surface area contributed by atoms with Gasteiger partial charge in [-0.05, 0) is 19.1 Å². The third-order valence-electron chi connectivity index (χ3n) is 3.32. The number of imide groups is 1. The van der Waals surface area contributed by atoms with Crippen LogP contribution in [0.4, 0.5) is 29.3 Å². The molecule has 1 aliphatic heterocycles. The Kier molecular flexibility index (Phi) is 3.76. The lowest BCUT2D eigenvalue weighted by atomic mass is 10.0. The number of nitrogens with zero attached hydrogens (tertiary/aromatic N) is 2. The Morgan fingerprint density at radius 3 is 2.43 bits per heavy atom. The summed E-state index contributed by atoms with van der Waals surface area (Å²) < 4.78 is 38.8. The molecular weight excluding hydrogens is 323 g/mol. The van der Waals surface area contributed by atoms with Gasteiger partial charge in [-0.2, -0.15) is 13.2 Å². The fourth-order valence-corrected chi connectivity index (χ4v) is 2.08. The second-order valence-electron chi connectivity index (χ2n) is 5.02. The van der Waals surface area contributed by atoms with Crippen LogP contribution in [0.2, 0.25) is 0 Å². The summed E-state index contributed by atoms with van der Waals surface area (Å²) in [6.07, 6.45) is -5.04. The maximum atomic E-state index is 12.9. The van der Waals surface area contributed by atoms with Gasteiger partial charge in [0.15, 0.2) is 0 Å². The van der Waals surface area contributed by atoms with Crippen molar-refractivity contribution in [3.63, 3.8) is 0 Å². The van der Waals surface area contributed by atoms with Gasteiger partial charge in [-0.15, -0.1) is 0 Å². The number of aliphatic hydroxyl groups excluding tert-OH is 1. The molecule has 0 bridgehead atoms. The Hall–Kier alpha value is -2.69. The van der Waals surface area contributed by atoms with E-state index in [0.717, 1.165) is 6.07 Å². The minimum absolute atomic E-state index is 0.346. The Morgan fingerprint density at radius 2 is 2.00 bits per heavy atom. The molecule has 11 heteroatoms. The summed E-state index contributed by atoms with van der Waals surface area (Å²) in [6, 6.07) is 0.730. The molecule has 1 heterocycles. The van der Waals surface area contributed by atoms with Crippen LogP contribution >= 0.6 is 0 Å². The quantitative estimate of drug-likeness (QED) is 0.493. The Labute approximate surface area is 126 Å². The maximum absolute atomic E-state index is 12.9. The van der Waals surface area contributed by atoms with Crippen molar-refractivity contribution < 1.29 is 32.8 Å². The molecule has 1 aliphatic rings. The Bertz CT molecular complexity index is 706. The lowest BCUT2D eigenvalue weighted by Gasteiger charge is -2.19. The van der Waals surface area contributed by atoms with E-state index in [0.29, 0.717) is 17.0 Å². The van der Waals surface area contributed by atoms with Crippen LogP contribution in [0.1, 0.15) is 12.5 Å². The van der Waals surface area contributed by atoms with Gasteiger partial charge < -0.3 is 10.4 Å². The number of carbonyl (C=O) groups excluding carboxylic acids is 2. The fraction of sp³-hybridized carbons (Fsp3) is 0.333. The molecule has 2 rings (SSSR count). The van der Waals surface area contributed by atoms with Gasteiger partial charge in [0.1, 0.15) is 11.1 Å². The van der Waals surface area contributed by atoms with E-state index in [-0.39, 0.29) is 0 Å². The second-order valence-corrected chi connectivity index (χ2v) is 5.02. The Morgan fingerprint density at radius 1 is 1.39 bits per heavy atom. The van der Waals surface area contributed by atoms with Crippen molar-refractivity contribution in [3.05, 3.63) is 33.9 Å². The third kappa shape index (κ3) is 2.70. The number of hydrogen-bond donors (Lipinski definition) is 2. The molecule has 124 valence electrons. The first-order valence-corrected chi connectivity index (χ1v) is 6.14. The number of alkyl halides is 3. The van der Waals surface area contributed by atoms with E-state index in [1.54, 1.807) is 0 Å². The minimum atomic E-state index is -5.04. The van der Waals surface area contributed by atoms with Crippen LogP contribution < -0.4 is 10.2 Å². The molecule has 0 spiro atoms. The van der Waals surface area contributed by atoms with E-state index in [9.17, 15) is 32.9 Å². The van der Waals surface area contributed by atoms with Crippen molar-refractivity contribution in [2.45, 2.75) is 18.6 Å². The summed E-state index contributed by atoms with van der Waals surface area (Å²) in [6.45, 7) is 0.441. The number of nitrogens with one attached hydrogen (secondary N) is 1. The zero-order valence-corrected chi connectivity index (χ0v) is 11.5. The van der Waals surface area contributed by atoms with Crippen LogP contribution in [0.5, 0.6) is 0 Å². The van der Waals surface area contributed by atoms with E-state index in [2.05, 4.69) is 5.32 Å². The van der Waals surface area contributed by atoms with Crippen molar-refractivity contribution >= 4 is 23.3 Å². The van der Waals surface area contributed by atoms with Crippen LogP contribution in [0.25, 0.3) is 0 Å². The number of aliphatic hydroxyl groups is 1. The van der Waals surface area contributed by atoms with E-state index in [1.165, 1.54) is 6.92 Å². The standard InChI is InChI=1S/C12H10F3N3O5/c1-11(5-19)9(20)17(10(21)16-11)6-2-3-8(18(22)23)7(4-6)12(13,14)15/h2-4,19H,5H2,1H3,(H,16,21). The zero-order valence-electron chi connectivity index (χ0n) is 11.5. The van der Waals surface area contributed by atoms with Gasteiger partial charge in [0.2, 0.25) is 0 Å². The molecule has 1 atom stereocenters. The number of urea groups is 1. The van der Waals surface area contributed by atoms with E-state index in [4.69, 9.17) is 5.11 Å².